The molecule has 0 heterocycles. The lowest BCUT2D eigenvalue weighted by molar-refractivity contribution is 0.0602. The lowest BCUT2D eigenvalue weighted by Crippen LogP contribution is -2.28. The van der Waals surface area contributed by atoms with Gasteiger partial charge in [-0.05, 0) is 31.4 Å². The van der Waals surface area contributed by atoms with Crippen LogP contribution < -0.4 is 11.1 Å². The molecule has 1 aliphatic rings. The summed E-state index contributed by atoms with van der Waals surface area (Å²) in [6, 6.07) is 3.60. The third kappa shape index (κ3) is 2.47. The van der Waals surface area contributed by atoms with E-state index in [0.717, 1.165) is 12.8 Å². The Morgan fingerprint density at radius 3 is 2.76 bits per heavy atom. The molecule has 0 spiro atoms. The van der Waals surface area contributed by atoms with Crippen LogP contribution in [0.5, 0.6) is 0 Å². The summed E-state index contributed by atoms with van der Waals surface area (Å²) in [6.45, 7) is 0. The van der Waals surface area contributed by atoms with Gasteiger partial charge in [0.1, 0.15) is 0 Å². The van der Waals surface area contributed by atoms with Crippen LogP contribution in [0.15, 0.2) is 12.1 Å². The van der Waals surface area contributed by atoms with Crippen LogP contribution in [0, 0.1) is 0 Å². The van der Waals surface area contributed by atoms with Crippen LogP contribution in [-0.4, -0.2) is 19.1 Å². The fourth-order valence-electron chi connectivity index (χ4n) is 1.80. The standard InChI is InChI=1S/C12H15ClN2O2/c1-17-12(16)9-5-7(14)6-10(13)11(9)15-8-3-2-4-8/h5-6,8,15H,2-4,14H2,1H3. The molecule has 1 aromatic carbocycles. The summed E-state index contributed by atoms with van der Waals surface area (Å²) in [5, 5.41) is 3.73. The zero-order chi connectivity index (χ0) is 12.4. The number of benzene rings is 1. The van der Waals surface area contributed by atoms with E-state index in [0.29, 0.717) is 28.0 Å². The smallest absolute Gasteiger partial charge is 0.340 e. The van der Waals surface area contributed by atoms with Crippen molar-refractivity contribution in [2.45, 2.75) is 25.3 Å². The van der Waals surface area contributed by atoms with Crippen molar-refractivity contribution in [3.05, 3.63) is 22.7 Å². The van der Waals surface area contributed by atoms with Crippen LogP contribution in [0.1, 0.15) is 29.6 Å². The predicted molar refractivity (Wildman–Crippen MR) is 68.5 cm³/mol. The fourth-order valence-corrected chi connectivity index (χ4v) is 2.08. The van der Waals surface area contributed by atoms with Gasteiger partial charge in [0.2, 0.25) is 0 Å². The van der Waals surface area contributed by atoms with E-state index < -0.39 is 5.97 Å². The first-order valence-electron chi connectivity index (χ1n) is 5.55. The number of ether oxygens (including phenoxy) is 1. The Kier molecular flexibility index (Phi) is 3.43. The Balaban J connectivity index is 2.35. The summed E-state index contributed by atoms with van der Waals surface area (Å²) in [6.07, 6.45) is 3.40. The Labute approximate surface area is 105 Å². The van der Waals surface area contributed by atoms with E-state index >= 15 is 0 Å². The van der Waals surface area contributed by atoms with E-state index in [4.69, 9.17) is 22.1 Å². The minimum Gasteiger partial charge on any atom is -0.465 e. The lowest BCUT2D eigenvalue weighted by atomic mass is 9.92. The van der Waals surface area contributed by atoms with Gasteiger partial charge < -0.3 is 15.8 Å². The average molecular weight is 255 g/mol. The average Bonchev–Trinajstić information content (AvgIpc) is 2.23. The van der Waals surface area contributed by atoms with Gasteiger partial charge in [-0.1, -0.05) is 11.6 Å². The molecule has 0 radical (unpaired) electrons. The molecule has 0 atom stereocenters. The quantitative estimate of drug-likeness (QED) is 0.643. The van der Waals surface area contributed by atoms with Crippen molar-refractivity contribution in [2.75, 3.05) is 18.2 Å². The number of rotatable bonds is 3. The van der Waals surface area contributed by atoms with Gasteiger partial charge >= 0.3 is 5.97 Å². The molecule has 92 valence electrons. The SMILES string of the molecule is COC(=O)c1cc(N)cc(Cl)c1NC1CCC1. The van der Waals surface area contributed by atoms with Crippen molar-refractivity contribution in [2.24, 2.45) is 0 Å². The van der Waals surface area contributed by atoms with Crippen LogP contribution in [0.25, 0.3) is 0 Å². The number of halogens is 1. The number of carbonyl (C=O) groups is 1. The van der Waals surface area contributed by atoms with Crippen molar-refractivity contribution in [1.29, 1.82) is 0 Å². The summed E-state index contributed by atoms with van der Waals surface area (Å²) in [5.74, 6) is -0.430. The Morgan fingerprint density at radius 2 is 2.24 bits per heavy atom. The molecule has 2 rings (SSSR count). The summed E-state index contributed by atoms with van der Waals surface area (Å²) in [5.41, 5.74) is 7.15. The van der Waals surface area contributed by atoms with Gasteiger partial charge in [-0.15, -0.1) is 0 Å². The highest BCUT2D eigenvalue weighted by molar-refractivity contribution is 6.34. The molecular weight excluding hydrogens is 240 g/mol. The van der Waals surface area contributed by atoms with E-state index in [9.17, 15) is 4.79 Å². The number of esters is 1. The molecule has 1 fully saturated rings. The summed E-state index contributed by atoms with van der Waals surface area (Å²) >= 11 is 6.11. The summed E-state index contributed by atoms with van der Waals surface area (Å²) in [7, 11) is 1.34. The Bertz CT molecular complexity index is 444. The lowest BCUT2D eigenvalue weighted by Gasteiger charge is -2.28. The molecule has 0 unspecified atom stereocenters. The first-order chi connectivity index (χ1) is 8.11. The van der Waals surface area contributed by atoms with Gasteiger partial charge in [-0.25, -0.2) is 4.79 Å². The minimum absolute atomic E-state index is 0.388. The van der Waals surface area contributed by atoms with Gasteiger partial charge in [0, 0.05) is 11.7 Å². The second-order valence-electron chi connectivity index (χ2n) is 4.19. The topological polar surface area (TPSA) is 64.3 Å². The van der Waals surface area contributed by atoms with Crippen LogP contribution in [0.3, 0.4) is 0 Å². The molecule has 1 saturated carbocycles. The number of nitrogen functional groups attached to an aromatic ring is 1. The van der Waals surface area contributed by atoms with E-state index in [2.05, 4.69) is 5.32 Å². The molecule has 1 aromatic rings. The first-order valence-corrected chi connectivity index (χ1v) is 5.93. The molecule has 0 amide bonds. The first kappa shape index (κ1) is 12.0. The van der Waals surface area contributed by atoms with Crippen molar-refractivity contribution in [1.82, 2.24) is 0 Å². The van der Waals surface area contributed by atoms with Gasteiger partial charge in [0.25, 0.3) is 0 Å². The van der Waals surface area contributed by atoms with E-state index in [1.54, 1.807) is 12.1 Å². The maximum atomic E-state index is 11.7. The Morgan fingerprint density at radius 1 is 1.53 bits per heavy atom. The van der Waals surface area contributed by atoms with Crippen LogP contribution in [0.4, 0.5) is 11.4 Å². The molecule has 1 aliphatic carbocycles. The van der Waals surface area contributed by atoms with Crippen LogP contribution in [0.2, 0.25) is 5.02 Å². The predicted octanol–water partition coefficient (Wildman–Crippen LogP) is 2.67. The van der Waals surface area contributed by atoms with Crippen molar-refractivity contribution in [3.8, 4) is 0 Å². The molecule has 4 nitrogen and oxygen atoms in total. The maximum absolute atomic E-state index is 11.7. The summed E-state index contributed by atoms with van der Waals surface area (Å²) in [4.78, 5) is 11.7. The molecule has 0 bridgehead atoms. The zero-order valence-electron chi connectivity index (χ0n) is 9.63. The number of hydrogen-bond acceptors (Lipinski definition) is 4. The van der Waals surface area contributed by atoms with Crippen LogP contribution in [-0.2, 0) is 4.74 Å². The normalized spacial score (nSPS) is 15.2. The minimum atomic E-state index is -0.430. The largest absolute Gasteiger partial charge is 0.465 e. The second-order valence-corrected chi connectivity index (χ2v) is 4.60. The highest BCUT2D eigenvalue weighted by Crippen LogP contribution is 2.33. The van der Waals surface area contributed by atoms with Gasteiger partial charge in [-0.3, -0.25) is 0 Å². The molecule has 17 heavy (non-hydrogen) atoms. The zero-order valence-corrected chi connectivity index (χ0v) is 10.4. The number of nitrogens with two attached hydrogens (primary N) is 1. The van der Waals surface area contributed by atoms with E-state index in [1.807, 2.05) is 0 Å². The third-order valence-corrected chi connectivity index (χ3v) is 3.27. The summed E-state index contributed by atoms with van der Waals surface area (Å²) < 4.78 is 4.73. The molecule has 0 aliphatic heterocycles. The number of nitrogens with one attached hydrogen (secondary N) is 1. The van der Waals surface area contributed by atoms with Crippen molar-refractivity contribution < 1.29 is 9.53 Å². The van der Waals surface area contributed by atoms with Crippen molar-refractivity contribution >= 4 is 28.9 Å². The number of hydrogen-bond donors (Lipinski definition) is 2. The van der Waals surface area contributed by atoms with E-state index in [1.165, 1.54) is 13.5 Å². The second kappa shape index (κ2) is 4.84. The van der Waals surface area contributed by atoms with Gasteiger partial charge in [0.05, 0.1) is 23.4 Å². The number of anilines is 2. The van der Waals surface area contributed by atoms with Gasteiger partial charge in [0.15, 0.2) is 0 Å². The van der Waals surface area contributed by atoms with E-state index in [-0.39, 0.29) is 0 Å². The number of methoxy groups -OCH3 is 1. The monoisotopic (exact) mass is 254 g/mol. The maximum Gasteiger partial charge on any atom is 0.340 e. The molecular formula is C12H15ClN2O2. The fraction of sp³-hybridized carbons (Fsp3) is 0.417. The Hall–Kier alpha value is -1.42. The highest BCUT2D eigenvalue weighted by atomic mass is 35.5. The highest BCUT2D eigenvalue weighted by Gasteiger charge is 2.22. The molecule has 0 saturated heterocycles. The molecule has 5 heteroatoms. The molecule has 0 aromatic heterocycles. The number of carbonyl (C=O) groups excluding carboxylic acids is 1. The van der Waals surface area contributed by atoms with Crippen LogP contribution >= 0.6 is 11.6 Å². The third-order valence-electron chi connectivity index (χ3n) is 2.97. The van der Waals surface area contributed by atoms with Gasteiger partial charge in [-0.2, -0.15) is 0 Å². The van der Waals surface area contributed by atoms with Crippen molar-refractivity contribution in [3.63, 3.8) is 0 Å². The molecule has 3 N–H and O–H groups in total.